The highest BCUT2D eigenvalue weighted by Gasteiger charge is 2.18. The van der Waals surface area contributed by atoms with Crippen LogP contribution in [0.1, 0.15) is 12.0 Å². The van der Waals surface area contributed by atoms with Crippen LogP contribution in [0.5, 0.6) is 0 Å². The highest BCUT2D eigenvalue weighted by molar-refractivity contribution is 6.07. The van der Waals surface area contributed by atoms with Crippen LogP contribution in [0.3, 0.4) is 0 Å². The number of amides is 2. The largest absolute Gasteiger partial charge is 0.275 e. The van der Waals surface area contributed by atoms with Crippen molar-refractivity contribution in [1.29, 1.82) is 0 Å². The summed E-state index contributed by atoms with van der Waals surface area (Å²) < 4.78 is 0. The molecule has 0 radical (unpaired) electrons. The number of nitrogens with zero attached hydrogens (tertiary/aromatic N) is 1. The average molecular weight is 277 g/mol. The van der Waals surface area contributed by atoms with Crippen LogP contribution in [-0.2, 0) is 9.59 Å². The van der Waals surface area contributed by atoms with Gasteiger partial charge in [0, 0.05) is 12.6 Å². The van der Waals surface area contributed by atoms with E-state index < -0.39 is 0 Å². The Morgan fingerprint density at radius 1 is 1.10 bits per heavy atom. The lowest BCUT2D eigenvalue weighted by Crippen LogP contribution is -2.37. The molecule has 0 atom stereocenters. The first-order valence-electron chi connectivity index (χ1n) is 6.93. The second-order valence-corrected chi connectivity index (χ2v) is 4.96. The molecular weight excluding hydrogens is 262 g/mol. The Morgan fingerprint density at radius 3 is 2.71 bits per heavy atom. The van der Waals surface area contributed by atoms with E-state index in [0.29, 0.717) is 6.54 Å². The van der Waals surface area contributed by atoms with Gasteiger partial charge in [0.2, 0.25) is 0 Å². The molecule has 1 heterocycles. The fraction of sp³-hybridized carbons (Fsp3) is 0.111. The third-order valence-corrected chi connectivity index (χ3v) is 3.50. The summed E-state index contributed by atoms with van der Waals surface area (Å²) in [5.41, 5.74) is 0.946. The smallest absolute Gasteiger partial charge is 0.253 e. The van der Waals surface area contributed by atoms with Crippen molar-refractivity contribution in [2.45, 2.75) is 6.42 Å². The van der Waals surface area contributed by atoms with Crippen LogP contribution in [0.4, 0.5) is 0 Å². The first kappa shape index (κ1) is 13.3. The maximum atomic E-state index is 12.0. The molecule has 0 saturated heterocycles. The topological polar surface area (TPSA) is 37.4 Å². The molecule has 0 saturated carbocycles. The Balaban J connectivity index is 1.79. The molecule has 0 unspecified atom stereocenters. The van der Waals surface area contributed by atoms with Crippen LogP contribution in [0, 0.1) is 0 Å². The van der Waals surface area contributed by atoms with E-state index in [2.05, 4.69) is 0 Å². The van der Waals surface area contributed by atoms with E-state index in [0.717, 1.165) is 22.8 Å². The van der Waals surface area contributed by atoms with E-state index in [1.807, 2.05) is 42.5 Å². The molecule has 21 heavy (non-hydrogen) atoms. The van der Waals surface area contributed by atoms with Crippen molar-refractivity contribution in [2.24, 2.45) is 0 Å². The summed E-state index contributed by atoms with van der Waals surface area (Å²) in [7, 11) is 0. The second kappa shape index (κ2) is 5.75. The van der Waals surface area contributed by atoms with Gasteiger partial charge in [-0.25, -0.2) is 0 Å². The van der Waals surface area contributed by atoms with E-state index in [9.17, 15) is 9.59 Å². The van der Waals surface area contributed by atoms with Crippen molar-refractivity contribution in [3.05, 3.63) is 66.3 Å². The monoisotopic (exact) mass is 277 g/mol. The Labute approximate surface area is 123 Å². The molecule has 0 fully saturated rings. The van der Waals surface area contributed by atoms with Gasteiger partial charge in [-0.15, -0.1) is 0 Å². The normalized spacial score (nSPS) is 15.0. The summed E-state index contributed by atoms with van der Waals surface area (Å²) in [5, 5.41) is 2.29. The summed E-state index contributed by atoms with van der Waals surface area (Å²) in [6.07, 6.45) is 7.17. The predicted molar refractivity (Wildman–Crippen MR) is 83.5 cm³/mol. The van der Waals surface area contributed by atoms with Crippen molar-refractivity contribution in [1.82, 2.24) is 4.90 Å². The van der Waals surface area contributed by atoms with E-state index >= 15 is 0 Å². The molecule has 0 bridgehead atoms. The molecule has 3 nitrogen and oxygen atoms in total. The van der Waals surface area contributed by atoms with E-state index in [4.69, 9.17) is 0 Å². The summed E-state index contributed by atoms with van der Waals surface area (Å²) in [6, 6.07) is 14.1. The minimum Gasteiger partial charge on any atom is -0.275 e. The quantitative estimate of drug-likeness (QED) is 0.791. The Hall–Kier alpha value is -2.68. The molecule has 104 valence electrons. The lowest BCUT2D eigenvalue weighted by molar-refractivity contribution is -0.139. The highest BCUT2D eigenvalue weighted by atomic mass is 16.2. The first-order valence-corrected chi connectivity index (χ1v) is 6.93. The number of rotatable bonds is 2. The van der Waals surface area contributed by atoms with Crippen molar-refractivity contribution >= 4 is 28.7 Å². The minimum absolute atomic E-state index is 0.241. The third kappa shape index (κ3) is 2.92. The second-order valence-electron chi connectivity index (χ2n) is 4.96. The Morgan fingerprint density at radius 2 is 1.90 bits per heavy atom. The van der Waals surface area contributed by atoms with E-state index in [-0.39, 0.29) is 11.8 Å². The summed E-state index contributed by atoms with van der Waals surface area (Å²) in [6.45, 7) is 0.455. The van der Waals surface area contributed by atoms with Crippen molar-refractivity contribution in [3.63, 3.8) is 0 Å². The zero-order chi connectivity index (χ0) is 14.7. The van der Waals surface area contributed by atoms with Crippen molar-refractivity contribution < 1.29 is 9.59 Å². The molecule has 2 aromatic rings. The van der Waals surface area contributed by atoms with Gasteiger partial charge in [0.15, 0.2) is 0 Å². The number of hydrogen-bond acceptors (Lipinski definition) is 2. The molecule has 3 rings (SSSR count). The van der Waals surface area contributed by atoms with Crippen LogP contribution in [-0.4, -0.2) is 23.3 Å². The number of fused-ring (bicyclic) bond motifs is 1. The molecular formula is C18H15NO2. The van der Waals surface area contributed by atoms with Gasteiger partial charge in [-0.1, -0.05) is 42.5 Å². The molecule has 1 aliphatic heterocycles. The number of carbonyl (C=O) groups excluding carboxylic acids is 2. The van der Waals surface area contributed by atoms with Crippen molar-refractivity contribution in [3.8, 4) is 0 Å². The van der Waals surface area contributed by atoms with E-state index in [1.165, 1.54) is 17.1 Å². The van der Waals surface area contributed by atoms with Crippen LogP contribution < -0.4 is 0 Å². The highest BCUT2D eigenvalue weighted by Crippen LogP contribution is 2.16. The Bertz CT molecular complexity index is 759. The first-order chi connectivity index (χ1) is 10.2. The molecule has 0 N–H and O–H groups in total. The fourth-order valence-corrected chi connectivity index (χ4v) is 2.38. The third-order valence-electron chi connectivity index (χ3n) is 3.50. The Kier molecular flexibility index (Phi) is 3.65. The minimum atomic E-state index is -0.266. The lowest BCUT2D eigenvalue weighted by Gasteiger charge is -2.19. The van der Waals surface area contributed by atoms with Gasteiger partial charge in [0.1, 0.15) is 0 Å². The molecule has 1 aliphatic rings. The number of hydrogen-bond donors (Lipinski definition) is 0. The maximum absolute atomic E-state index is 12.0. The van der Waals surface area contributed by atoms with Gasteiger partial charge in [-0.2, -0.15) is 0 Å². The van der Waals surface area contributed by atoms with Gasteiger partial charge in [-0.05, 0) is 41.0 Å². The van der Waals surface area contributed by atoms with Gasteiger partial charge in [-0.3, -0.25) is 14.5 Å². The fourth-order valence-electron chi connectivity index (χ4n) is 2.38. The molecule has 2 amide bonds. The van der Waals surface area contributed by atoms with Crippen LogP contribution in [0.2, 0.25) is 0 Å². The van der Waals surface area contributed by atoms with Crippen LogP contribution >= 0.6 is 0 Å². The average Bonchev–Trinajstić information content (AvgIpc) is 2.53. The zero-order valence-electron chi connectivity index (χ0n) is 11.5. The summed E-state index contributed by atoms with van der Waals surface area (Å²) in [5.74, 6) is -0.507. The SMILES string of the molecule is O=C1C=CCCN1C(=O)/C=C/c1ccc2ccccc2c1. The number of benzene rings is 2. The standard InChI is InChI=1S/C18H15NO2/c20-17-7-3-4-12-19(17)18(21)11-9-14-8-10-15-5-1-2-6-16(15)13-14/h1-3,5-11,13H,4,12H2/b11-9+. The predicted octanol–water partition coefficient (Wildman–Crippen LogP) is 3.17. The van der Waals surface area contributed by atoms with Gasteiger partial charge < -0.3 is 0 Å². The maximum Gasteiger partial charge on any atom is 0.253 e. The van der Waals surface area contributed by atoms with Gasteiger partial charge in [0.25, 0.3) is 11.8 Å². The zero-order valence-corrected chi connectivity index (χ0v) is 11.5. The molecule has 0 aromatic heterocycles. The van der Waals surface area contributed by atoms with Crippen LogP contribution in [0.15, 0.2) is 60.7 Å². The molecule has 3 heteroatoms. The van der Waals surface area contributed by atoms with Crippen LogP contribution in [0.25, 0.3) is 16.8 Å². The molecule has 0 aliphatic carbocycles. The van der Waals surface area contributed by atoms with E-state index in [1.54, 1.807) is 12.2 Å². The lowest BCUT2D eigenvalue weighted by atomic mass is 10.1. The summed E-state index contributed by atoms with van der Waals surface area (Å²) in [4.78, 5) is 24.9. The van der Waals surface area contributed by atoms with Crippen molar-refractivity contribution in [2.75, 3.05) is 6.54 Å². The van der Waals surface area contributed by atoms with Gasteiger partial charge in [0.05, 0.1) is 0 Å². The molecule has 2 aromatic carbocycles. The number of imide groups is 1. The van der Waals surface area contributed by atoms with Gasteiger partial charge >= 0.3 is 0 Å². The molecule has 0 spiro atoms. The number of carbonyl (C=O) groups is 2. The summed E-state index contributed by atoms with van der Waals surface area (Å²) >= 11 is 0.